The second kappa shape index (κ2) is 5.46. The molecule has 0 atom stereocenters. The smallest absolute Gasteiger partial charge is 0.282 e. The maximum atomic E-state index is 12.3. The lowest BCUT2D eigenvalue weighted by Gasteiger charge is -2.42. The van der Waals surface area contributed by atoms with Crippen molar-refractivity contribution in [2.45, 2.75) is 38.1 Å². The second-order valence-corrected chi connectivity index (χ2v) is 5.07. The van der Waals surface area contributed by atoms with Crippen LogP contribution in [0.5, 0.6) is 0 Å². The number of hydrogen-bond donors (Lipinski definition) is 3. The lowest BCUT2D eigenvalue weighted by Crippen LogP contribution is -2.53. The predicted molar refractivity (Wildman–Crippen MR) is 75.2 cm³/mol. The maximum absolute atomic E-state index is 12.3. The molecule has 0 bridgehead atoms. The quantitative estimate of drug-likeness (QED) is 0.433. The van der Waals surface area contributed by atoms with Crippen molar-refractivity contribution in [2.75, 3.05) is 5.43 Å². The summed E-state index contributed by atoms with van der Waals surface area (Å²) in [5.41, 5.74) is 2.45. The van der Waals surface area contributed by atoms with Crippen molar-refractivity contribution in [3.8, 4) is 0 Å². The molecule has 4 N–H and O–H groups in total. The Morgan fingerprint density at radius 3 is 2.65 bits per heavy atom. The summed E-state index contributed by atoms with van der Waals surface area (Å²) in [6, 6.07) is 4.15. The Balaban J connectivity index is 2.30. The minimum atomic E-state index is -0.561. The number of nitro benzene ring substituents is 1. The standard InChI is InChI=1S/C13H18N4O3/c1-2-13(6-3-7-13)15-12(18)10-8-9(16-14)4-5-11(10)17(19)20/h4-5,8,16H,2-3,6-7,14H2,1H3,(H,15,18). The van der Waals surface area contributed by atoms with Gasteiger partial charge in [-0.1, -0.05) is 6.92 Å². The van der Waals surface area contributed by atoms with E-state index in [4.69, 9.17) is 5.84 Å². The molecule has 0 heterocycles. The number of nitrogens with zero attached hydrogens (tertiary/aromatic N) is 1. The Kier molecular flexibility index (Phi) is 3.89. The molecule has 1 amide bonds. The summed E-state index contributed by atoms with van der Waals surface area (Å²) in [5, 5.41) is 13.9. The van der Waals surface area contributed by atoms with Crippen LogP contribution in [0.25, 0.3) is 0 Å². The molecule has 0 saturated heterocycles. The Labute approximate surface area is 116 Å². The molecule has 1 fully saturated rings. The van der Waals surface area contributed by atoms with E-state index < -0.39 is 10.8 Å². The van der Waals surface area contributed by atoms with Gasteiger partial charge in [0.05, 0.1) is 4.92 Å². The summed E-state index contributed by atoms with van der Waals surface area (Å²) < 4.78 is 0. The first-order valence-electron chi connectivity index (χ1n) is 6.59. The first-order chi connectivity index (χ1) is 9.51. The van der Waals surface area contributed by atoms with E-state index in [0.717, 1.165) is 25.7 Å². The molecule has 1 aromatic carbocycles. The number of carbonyl (C=O) groups is 1. The van der Waals surface area contributed by atoms with Crippen LogP contribution in [0.2, 0.25) is 0 Å². The minimum absolute atomic E-state index is 0.0326. The number of nitrogens with one attached hydrogen (secondary N) is 2. The molecule has 20 heavy (non-hydrogen) atoms. The molecular weight excluding hydrogens is 260 g/mol. The third kappa shape index (κ3) is 2.57. The van der Waals surface area contributed by atoms with E-state index in [9.17, 15) is 14.9 Å². The van der Waals surface area contributed by atoms with E-state index in [1.54, 1.807) is 0 Å². The topological polar surface area (TPSA) is 110 Å². The highest BCUT2D eigenvalue weighted by atomic mass is 16.6. The van der Waals surface area contributed by atoms with Gasteiger partial charge in [-0.25, -0.2) is 0 Å². The van der Waals surface area contributed by atoms with Crippen LogP contribution in [0, 0.1) is 10.1 Å². The number of amides is 1. The van der Waals surface area contributed by atoms with Crippen LogP contribution in [0.1, 0.15) is 43.0 Å². The van der Waals surface area contributed by atoms with Gasteiger partial charge in [0.2, 0.25) is 0 Å². The van der Waals surface area contributed by atoms with Crippen LogP contribution in [0.15, 0.2) is 18.2 Å². The zero-order valence-corrected chi connectivity index (χ0v) is 11.3. The fraction of sp³-hybridized carbons (Fsp3) is 0.462. The van der Waals surface area contributed by atoms with Crippen molar-refractivity contribution in [3.63, 3.8) is 0 Å². The van der Waals surface area contributed by atoms with E-state index >= 15 is 0 Å². The number of hydrazine groups is 1. The molecular formula is C13H18N4O3. The van der Waals surface area contributed by atoms with Crippen molar-refractivity contribution in [3.05, 3.63) is 33.9 Å². The molecule has 0 aliphatic heterocycles. The number of hydrogen-bond acceptors (Lipinski definition) is 5. The normalized spacial score (nSPS) is 16.1. The number of benzene rings is 1. The fourth-order valence-corrected chi connectivity index (χ4v) is 2.45. The van der Waals surface area contributed by atoms with Gasteiger partial charge in [0.1, 0.15) is 5.56 Å². The molecule has 7 nitrogen and oxygen atoms in total. The number of carbonyl (C=O) groups excluding carboxylic acids is 1. The van der Waals surface area contributed by atoms with Crippen LogP contribution in [0.3, 0.4) is 0 Å². The number of rotatable bonds is 5. The van der Waals surface area contributed by atoms with E-state index in [1.807, 2.05) is 6.92 Å². The molecule has 7 heteroatoms. The van der Waals surface area contributed by atoms with Gasteiger partial charge in [-0.2, -0.15) is 0 Å². The first-order valence-corrected chi connectivity index (χ1v) is 6.59. The average Bonchev–Trinajstić information content (AvgIpc) is 2.41. The predicted octanol–water partition coefficient (Wildman–Crippen LogP) is 1.94. The summed E-state index contributed by atoms with van der Waals surface area (Å²) >= 11 is 0. The monoisotopic (exact) mass is 278 g/mol. The third-order valence-corrected chi connectivity index (χ3v) is 3.97. The van der Waals surface area contributed by atoms with Crippen molar-refractivity contribution in [1.29, 1.82) is 0 Å². The Morgan fingerprint density at radius 1 is 1.50 bits per heavy atom. The highest BCUT2D eigenvalue weighted by molar-refractivity contribution is 5.99. The number of nitrogen functional groups attached to an aromatic ring is 1. The van der Waals surface area contributed by atoms with Crippen LogP contribution >= 0.6 is 0 Å². The maximum Gasteiger partial charge on any atom is 0.282 e. The Morgan fingerprint density at radius 2 is 2.20 bits per heavy atom. The van der Waals surface area contributed by atoms with Crippen LogP contribution in [-0.2, 0) is 0 Å². The molecule has 0 unspecified atom stereocenters. The molecule has 2 rings (SSSR count). The molecule has 1 aromatic rings. The highest BCUT2D eigenvalue weighted by Gasteiger charge is 2.37. The van der Waals surface area contributed by atoms with E-state index in [1.165, 1.54) is 18.2 Å². The van der Waals surface area contributed by atoms with Crippen LogP contribution in [0.4, 0.5) is 11.4 Å². The average molecular weight is 278 g/mol. The highest BCUT2D eigenvalue weighted by Crippen LogP contribution is 2.35. The molecule has 1 aliphatic rings. The molecule has 0 radical (unpaired) electrons. The van der Waals surface area contributed by atoms with E-state index in [-0.39, 0.29) is 16.8 Å². The molecule has 1 aliphatic carbocycles. The van der Waals surface area contributed by atoms with Gasteiger partial charge < -0.3 is 10.7 Å². The van der Waals surface area contributed by atoms with Gasteiger partial charge in [0.15, 0.2) is 0 Å². The summed E-state index contributed by atoms with van der Waals surface area (Å²) in [7, 11) is 0. The lowest BCUT2D eigenvalue weighted by atomic mass is 9.74. The van der Waals surface area contributed by atoms with Gasteiger partial charge in [-0.15, -0.1) is 0 Å². The summed E-state index contributed by atoms with van der Waals surface area (Å²) in [6.45, 7) is 2.01. The lowest BCUT2D eigenvalue weighted by molar-refractivity contribution is -0.385. The van der Waals surface area contributed by atoms with Crippen LogP contribution < -0.4 is 16.6 Å². The van der Waals surface area contributed by atoms with Crippen LogP contribution in [-0.4, -0.2) is 16.4 Å². The Bertz CT molecular complexity index is 535. The van der Waals surface area contributed by atoms with Crippen molar-refractivity contribution in [1.82, 2.24) is 5.32 Å². The zero-order chi connectivity index (χ0) is 14.8. The number of anilines is 1. The van der Waals surface area contributed by atoms with E-state index in [0.29, 0.717) is 5.69 Å². The summed E-state index contributed by atoms with van der Waals surface area (Å²) in [5.74, 6) is 4.86. The summed E-state index contributed by atoms with van der Waals surface area (Å²) in [6.07, 6.45) is 3.72. The van der Waals surface area contributed by atoms with Gasteiger partial charge in [-0.05, 0) is 37.8 Å². The zero-order valence-electron chi connectivity index (χ0n) is 11.3. The second-order valence-electron chi connectivity index (χ2n) is 5.07. The van der Waals surface area contributed by atoms with Gasteiger partial charge in [0, 0.05) is 17.3 Å². The molecule has 0 spiro atoms. The Hall–Kier alpha value is -2.15. The van der Waals surface area contributed by atoms with Gasteiger partial charge in [0.25, 0.3) is 11.6 Å². The molecule has 0 aromatic heterocycles. The molecule has 108 valence electrons. The van der Waals surface area contributed by atoms with Gasteiger partial charge >= 0.3 is 0 Å². The molecule has 1 saturated carbocycles. The largest absolute Gasteiger partial charge is 0.346 e. The van der Waals surface area contributed by atoms with Crippen molar-refractivity contribution >= 4 is 17.3 Å². The fourth-order valence-electron chi connectivity index (χ4n) is 2.45. The van der Waals surface area contributed by atoms with E-state index in [2.05, 4.69) is 10.7 Å². The minimum Gasteiger partial charge on any atom is -0.346 e. The number of nitro groups is 1. The van der Waals surface area contributed by atoms with Crippen molar-refractivity contribution < 1.29 is 9.72 Å². The first kappa shape index (κ1) is 14.3. The third-order valence-electron chi connectivity index (χ3n) is 3.97. The SMILES string of the molecule is CCC1(NC(=O)c2cc(NN)ccc2[N+](=O)[O-])CCC1. The van der Waals surface area contributed by atoms with Gasteiger partial charge in [-0.3, -0.25) is 20.8 Å². The number of nitrogens with two attached hydrogens (primary N) is 1. The summed E-state index contributed by atoms with van der Waals surface area (Å²) in [4.78, 5) is 22.8. The van der Waals surface area contributed by atoms with Crippen molar-refractivity contribution in [2.24, 2.45) is 5.84 Å².